The summed E-state index contributed by atoms with van der Waals surface area (Å²) in [7, 11) is 0. The Morgan fingerprint density at radius 2 is 1.75 bits per heavy atom. The van der Waals surface area contributed by atoms with Gasteiger partial charge < -0.3 is 9.15 Å². The molecule has 1 aromatic heterocycles. The van der Waals surface area contributed by atoms with E-state index in [9.17, 15) is 14.0 Å². The third-order valence-corrected chi connectivity index (χ3v) is 4.58. The zero-order valence-electron chi connectivity index (χ0n) is 15.9. The summed E-state index contributed by atoms with van der Waals surface area (Å²) in [5.41, 5.74) is 2.36. The number of fused-ring (bicyclic) bond motifs is 1. The van der Waals surface area contributed by atoms with Gasteiger partial charge in [0, 0.05) is 19.6 Å². The fraction of sp³-hybridized carbons (Fsp3) is 0.364. The number of hydrogen-bond acceptors (Lipinski definition) is 4. The first-order chi connectivity index (χ1) is 13.6. The summed E-state index contributed by atoms with van der Waals surface area (Å²) < 4.78 is 24.9. The zero-order chi connectivity index (χ0) is 19.9. The number of rotatable bonds is 9. The van der Waals surface area contributed by atoms with Gasteiger partial charge in [-0.25, -0.2) is 13.8 Å². The highest BCUT2D eigenvalue weighted by atomic mass is 19.1. The fourth-order valence-corrected chi connectivity index (χ4v) is 3.02. The lowest BCUT2D eigenvalue weighted by molar-refractivity contribution is 0.0884. The molecule has 0 aliphatic carbocycles. The predicted molar refractivity (Wildman–Crippen MR) is 106 cm³/mol. The van der Waals surface area contributed by atoms with Gasteiger partial charge in [0.1, 0.15) is 5.82 Å². The number of carbonyl (C=O) groups excluding carboxylic acids is 1. The highest BCUT2D eigenvalue weighted by Crippen LogP contribution is 2.24. The average Bonchev–Trinajstić information content (AvgIpc) is 3.02. The lowest BCUT2D eigenvalue weighted by Crippen LogP contribution is -2.22. The number of carbonyl (C=O) groups is 1. The van der Waals surface area contributed by atoms with E-state index in [1.54, 1.807) is 30.3 Å². The molecule has 0 fully saturated rings. The first kappa shape index (κ1) is 20.0. The Balaban J connectivity index is 1.68. The van der Waals surface area contributed by atoms with Gasteiger partial charge in [-0.15, -0.1) is 0 Å². The van der Waals surface area contributed by atoms with Gasteiger partial charge in [-0.2, -0.15) is 0 Å². The molecule has 0 radical (unpaired) electrons. The van der Waals surface area contributed by atoms with Gasteiger partial charge in [-0.05, 0) is 54.7 Å². The van der Waals surface area contributed by atoms with Crippen LogP contribution in [0.1, 0.15) is 43.8 Å². The Bertz CT molecular complexity index is 988. The first-order valence-electron chi connectivity index (χ1n) is 9.62. The number of aromatic nitrogens is 1. The zero-order valence-corrected chi connectivity index (χ0v) is 15.9. The van der Waals surface area contributed by atoms with Gasteiger partial charge in [0.2, 0.25) is 5.91 Å². The van der Waals surface area contributed by atoms with Crippen molar-refractivity contribution in [3.8, 4) is 11.1 Å². The number of nitrogens with zero attached hydrogens (tertiary/aromatic N) is 1. The van der Waals surface area contributed by atoms with E-state index in [1.165, 1.54) is 12.1 Å². The Hall–Kier alpha value is -2.73. The van der Waals surface area contributed by atoms with E-state index in [4.69, 9.17) is 9.15 Å². The van der Waals surface area contributed by atoms with Gasteiger partial charge in [-0.1, -0.05) is 31.5 Å². The second kappa shape index (κ2) is 9.46. The molecule has 6 heteroatoms. The summed E-state index contributed by atoms with van der Waals surface area (Å²) in [6, 6.07) is 11.2. The van der Waals surface area contributed by atoms with E-state index in [-0.39, 0.29) is 18.1 Å². The van der Waals surface area contributed by atoms with Crippen molar-refractivity contribution in [1.82, 2.24) is 4.57 Å². The maximum atomic E-state index is 13.1. The summed E-state index contributed by atoms with van der Waals surface area (Å²) in [5, 5.41) is 0. The topological polar surface area (TPSA) is 61.4 Å². The summed E-state index contributed by atoms with van der Waals surface area (Å²) in [4.78, 5) is 24.7. The number of ether oxygens (including phenoxy) is 1. The van der Waals surface area contributed by atoms with Crippen molar-refractivity contribution in [3.05, 3.63) is 58.8 Å². The molecule has 2 aromatic carbocycles. The molecule has 0 amide bonds. The Morgan fingerprint density at radius 1 is 1.04 bits per heavy atom. The summed E-state index contributed by atoms with van der Waals surface area (Å²) in [6.07, 6.45) is 3.81. The van der Waals surface area contributed by atoms with Crippen molar-refractivity contribution in [2.75, 3.05) is 13.2 Å². The third-order valence-electron chi connectivity index (χ3n) is 4.58. The molecule has 0 aliphatic heterocycles. The minimum atomic E-state index is -0.685. The minimum absolute atomic E-state index is 0.255. The number of unbranched alkanes of at least 4 members (excludes halogenated alkanes) is 2. The molecule has 148 valence electrons. The monoisotopic (exact) mass is 385 g/mol. The highest BCUT2D eigenvalue weighted by molar-refractivity contribution is 5.90. The molecule has 0 saturated heterocycles. The van der Waals surface area contributed by atoms with Crippen LogP contribution >= 0.6 is 0 Å². The number of hydrogen-bond donors (Lipinski definition) is 0. The van der Waals surface area contributed by atoms with Crippen LogP contribution in [-0.4, -0.2) is 23.7 Å². The minimum Gasteiger partial charge on any atom is -0.407 e. The van der Waals surface area contributed by atoms with E-state index >= 15 is 0 Å². The van der Waals surface area contributed by atoms with E-state index in [2.05, 4.69) is 6.92 Å². The van der Waals surface area contributed by atoms with Crippen molar-refractivity contribution in [2.45, 2.75) is 39.0 Å². The number of benzene rings is 2. The van der Waals surface area contributed by atoms with Gasteiger partial charge in [0.05, 0.1) is 5.52 Å². The van der Waals surface area contributed by atoms with Gasteiger partial charge in [-0.3, -0.25) is 4.79 Å². The second-order valence-corrected chi connectivity index (χ2v) is 6.71. The molecular weight excluding hydrogens is 361 g/mol. The largest absolute Gasteiger partial charge is 0.426 e. The average molecular weight is 385 g/mol. The molecule has 0 saturated carbocycles. The molecule has 5 nitrogen and oxygen atoms in total. The quantitative estimate of drug-likeness (QED) is 0.485. The molecular formula is C22H24FNO4. The van der Waals surface area contributed by atoms with Gasteiger partial charge in [0.25, 0.3) is 0 Å². The number of halogens is 1. The SMILES string of the molecule is CCCCOCCCCC(=O)n1c(=O)oc2cc(-c3ccc(F)cc3)ccc21. The molecule has 0 spiro atoms. The highest BCUT2D eigenvalue weighted by Gasteiger charge is 2.16. The molecule has 0 N–H and O–H groups in total. The molecule has 3 aromatic rings. The molecule has 3 rings (SSSR count). The van der Waals surface area contributed by atoms with Crippen LogP contribution < -0.4 is 5.76 Å². The van der Waals surface area contributed by atoms with Crippen molar-refractivity contribution < 1.29 is 18.3 Å². The van der Waals surface area contributed by atoms with Crippen molar-refractivity contribution in [1.29, 1.82) is 0 Å². The standard InChI is InChI=1S/C22H24FNO4/c1-2-3-13-27-14-5-4-6-21(25)24-19-12-9-17(15-20(19)28-22(24)26)16-7-10-18(23)11-8-16/h7-12,15H,2-6,13-14H2,1H3. The Morgan fingerprint density at radius 3 is 2.50 bits per heavy atom. The van der Waals surface area contributed by atoms with Crippen LogP contribution in [0.4, 0.5) is 4.39 Å². The van der Waals surface area contributed by atoms with E-state index in [0.717, 1.165) is 41.6 Å². The van der Waals surface area contributed by atoms with Crippen LogP contribution in [-0.2, 0) is 4.74 Å². The Kier molecular flexibility index (Phi) is 6.76. The summed E-state index contributed by atoms with van der Waals surface area (Å²) in [6.45, 7) is 3.47. The van der Waals surface area contributed by atoms with Gasteiger partial charge in [0.15, 0.2) is 5.58 Å². The molecule has 0 aliphatic rings. The van der Waals surface area contributed by atoms with Crippen molar-refractivity contribution >= 4 is 17.0 Å². The smallest absolute Gasteiger partial charge is 0.407 e. The van der Waals surface area contributed by atoms with Crippen molar-refractivity contribution in [2.24, 2.45) is 0 Å². The maximum Gasteiger partial charge on any atom is 0.426 e. The van der Waals surface area contributed by atoms with Crippen LogP contribution in [0.5, 0.6) is 0 Å². The molecule has 0 bridgehead atoms. The number of oxazole rings is 1. The first-order valence-corrected chi connectivity index (χ1v) is 9.62. The lowest BCUT2D eigenvalue weighted by Gasteiger charge is -2.04. The van der Waals surface area contributed by atoms with Crippen LogP contribution in [0.2, 0.25) is 0 Å². The third kappa shape index (κ3) is 4.75. The van der Waals surface area contributed by atoms with Crippen LogP contribution in [0.15, 0.2) is 51.7 Å². The van der Waals surface area contributed by atoms with Gasteiger partial charge >= 0.3 is 5.76 Å². The second-order valence-electron chi connectivity index (χ2n) is 6.71. The maximum absolute atomic E-state index is 13.1. The predicted octanol–water partition coefficient (Wildman–Crippen LogP) is 5.03. The molecule has 28 heavy (non-hydrogen) atoms. The van der Waals surface area contributed by atoms with E-state index in [1.807, 2.05) is 0 Å². The van der Waals surface area contributed by atoms with Crippen LogP contribution in [0.25, 0.3) is 22.2 Å². The van der Waals surface area contributed by atoms with Crippen LogP contribution in [0.3, 0.4) is 0 Å². The summed E-state index contributed by atoms with van der Waals surface area (Å²) >= 11 is 0. The van der Waals surface area contributed by atoms with Crippen molar-refractivity contribution in [3.63, 3.8) is 0 Å². The lowest BCUT2D eigenvalue weighted by atomic mass is 10.1. The van der Waals surface area contributed by atoms with E-state index in [0.29, 0.717) is 24.1 Å². The normalized spacial score (nSPS) is 11.2. The fourth-order valence-electron chi connectivity index (χ4n) is 3.02. The Labute approximate surface area is 162 Å². The molecule has 0 unspecified atom stereocenters. The van der Waals surface area contributed by atoms with E-state index < -0.39 is 5.76 Å². The molecule has 1 heterocycles. The van der Waals surface area contributed by atoms with Crippen LogP contribution in [0, 0.1) is 5.82 Å². The summed E-state index contributed by atoms with van der Waals surface area (Å²) in [5.74, 6) is -1.29. The molecule has 0 atom stereocenters.